The van der Waals surface area contributed by atoms with Gasteiger partial charge in [-0.25, -0.2) is 0 Å². The van der Waals surface area contributed by atoms with Gasteiger partial charge in [0.25, 0.3) is 5.91 Å². The SMILES string of the molecule is COc1ccc([Si](C)(C)[C@H]2[C@H](CCn3cc(C(CO)c4ccccc4)nn3)O[C@@]3(C(=O)N(Cc4ccc(N5CCNCC5=O)cc4)c4ccc(Cl)cc43)[C@@H]2C)cc1. The van der Waals surface area contributed by atoms with E-state index < -0.39 is 13.7 Å². The monoisotopic (exact) mass is 804 g/mol. The number of benzene rings is 4. The van der Waals surface area contributed by atoms with Crippen LogP contribution in [0.2, 0.25) is 23.7 Å². The van der Waals surface area contributed by atoms with Crippen LogP contribution in [0.3, 0.4) is 0 Å². The van der Waals surface area contributed by atoms with Crippen LogP contribution in [-0.2, 0) is 33.0 Å². The third-order valence-electron chi connectivity index (χ3n) is 12.4. The number of halogens is 1. The van der Waals surface area contributed by atoms with Crippen LogP contribution in [-0.4, -0.2) is 79.4 Å². The maximum absolute atomic E-state index is 15.3. The maximum Gasteiger partial charge on any atom is 0.264 e. The predicted octanol–water partition coefficient (Wildman–Crippen LogP) is 5.85. The van der Waals surface area contributed by atoms with Crippen molar-refractivity contribution in [2.24, 2.45) is 5.92 Å². The van der Waals surface area contributed by atoms with Crippen molar-refractivity contribution in [3.05, 3.63) is 131 Å². The summed E-state index contributed by atoms with van der Waals surface area (Å²) in [7, 11) is -0.720. The fraction of sp³-hybridized carbons (Fsp3) is 0.364. The van der Waals surface area contributed by atoms with Gasteiger partial charge in [0, 0.05) is 48.0 Å². The summed E-state index contributed by atoms with van der Waals surface area (Å²) >= 11 is 6.74. The van der Waals surface area contributed by atoms with E-state index in [1.54, 1.807) is 12.0 Å². The van der Waals surface area contributed by atoms with Crippen molar-refractivity contribution < 1.29 is 24.2 Å². The number of methoxy groups -OCH3 is 1. The van der Waals surface area contributed by atoms with E-state index in [0.717, 1.165) is 40.4 Å². The minimum atomic E-state index is -2.39. The molecule has 11 nitrogen and oxygen atoms in total. The molecular formula is C44H49ClN6O5Si. The smallest absolute Gasteiger partial charge is 0.264 e. The van der Waals surface area contributed by atoms with Gasteiger partial charge in [0.05, 0.1) is 58.3 Å². The Bertz CT molecular complexity index is 2240. The first-order chi connectivity index (χ1) is 27.5. The van der Waals surface area contributed by atoms with Crippen molar-refractivity contribution in [3.8, 4) is 5.75 Å². The van der Waals surface area contributed by atoms with Gasteiger partial charge in [0.1, 0.15) is 5.75 Å². The van der Waals surface area contributed by atoms with Crippen molar-refractivity contribution in [3.63, 3.8) is 0 Å². The summed E-state index contributed by atoms with van der Waals surface area (Å²) in [4.78, 5) is 31.5. The van der Waals surface area contributed by atoms with E-state index in [4.69, 9.17) is 21.1 Å². The van der Waals surface area contributed by atoms with Crippen LogP contribution in [0.5, 0.6) is 5.75 Å². The van der Waals surface area contributed by atoms with Gasteiger partial charge in [-0.3, -0.25) is 14.3 Å². The van der Waals surface area contributed by atoms with E-state index in [2.05, 4.69) is 47.8 Å². The lowest BCUT2D eigenvalue weighted by Gasteiger charge is -2.37. The topological polar surface area (TPSA) is 122 Å². The van der Waals surface area contributed by atoms with Gasteiger partial charge >= 0.3 is 0 Å². The summed E-state index contributed by atoms with van der Waals surface area (Å²) in [5.74, 6) is 0.246. The van der Waals surface area contributed by atoms with Crippen LogP contribution >= 0.6 is 11.6 Å². The van der Waals surface area contributed by atoms with Crippen molar-refractivity contribution in [2.75, 3.05) is 43.2 Å². The molecule has 296 valence electrons. The molecule has 2 saturated heterocycles. The summed E-state index contributed by atoms with van der Waals surface area (Å²) < 4.78 is 14.7. The highest BCUT2D eigenvalue weighted by molar-refractivity contribution is 6.91. The molecule has 4 heterocycles. The van der Waals surface area contributed by atoms with Gasteiger partial charge < -0.3 is 29.7 Å². The zero-order chi connectivity index (χ0) is 39.9. The minimum absolute atomic E-state index is 0.0231. The lowest BCUT2D eigenvalue weighted by atomic mass is 9.82. The van der Waals surface area contributed by atoms with E-state index >= 15 is 4.79 Å². The number of ether oxygens (including phenoxy) is 2. The number of aryl methyl sites for hydroxylation is 1. The first-order valence-corrected chi connectivity index (χ1v) is 23.1. The second-order valence-corrected chi connectivity index (χ2v) is 21.1. The number of nitrogens with zero attached hydrogens (tertiary/aromatic N) is 5. The predicted molar refractivity (Wildman–Crippen MR) is 224 cm³/mol. The maximum atomic E-state index is 15.3. The van der Waals surface area contributed by atoms with Crippen molar-refractivity contribution in [1.29, 1.82) is 0 Å². The molecule has 5 aromatic rings. The molecule has 1 aromatic heterocycles. The first-order valence-electron chi connectivity index (χ1n) is 19.7. The van der Waals surface area contributed by atoms with Crippen molar-refractivity contribution >= 4 is 48.1 Å². The molecule has 57 heavy (non-hydrogen) atoms. The highest BCUT2D eigenvalue weighted by Gasteiger charge is 2.66. The Labute approximate surface area is 339 Å². The first kappa shape index (κ1) is 39.0. The Hall–Kier alpha value is -4.85. The highest BCUT2D eigenvalue weighted by atomic mass is 35.5. The Kier molecular flexibility index (Phi) is 10.8. The van der Waals surface area contributed by atoms with Gasteiger partial charge in [-0.1, -0.05) is 96.6 Å². The van der Waals surface area contributed by atoms with Gasteiger partial charge in [-0.15, -0.1) is 5.10 Å². The molecule has 3 aliphatic heterocycles. The molecule has 2 fully saturated rings. The number of aliphatic hydroxyl groups is 1. The largest absolute Gasteiger partial charge is 0.497 e. The molecule has 0 aliphatic carbocycles. The summed E-state index contributed by atoms with van der Waals surface area (Å²) in [6.45, 7) is 9.35. The van der Waals surface area contributed by atoms with Gasteiger partial charge in [-0.2, -0.15) is 0 Å². The third kappa shape index (κ3) is 7.07. The second-order valence-electron chi connectivity index (χ2n) is 15.9. The number of nitrogens with one attached hydrogen (secondary N) is 1. The van der Waals surface area contributed by atoms with E-state index in [1.807, 2.05) is 101 Å². The number of amides is 2. The molecule has 0 bridgehead atoms. The van der Waals surface area contributed by atoms with Gasteiger partial charge in [0.2, 0.25) is 5.91 Å². The molecule has 2 amide bonds. The van der Waals surface area contributed by atoms with Crippen LogP contribution < -0.4 is 25.0 Å². The molecule has 0 saturated carbocycles. The van der Waals surface area contributed by atoms with E-state index in [0.29, 0.717) is 43.3 Å². The third-order valence-corrected chi connectivity index (χ3v) is 17.0. The molecule has 4 aromatic carbocycles. The Morgan fingerprint density at radius 3 is 2.49 bits per heavy atom. The van der Waals surface area contributed by atoms with Gasteiger partial charge in [-0.05, 0) is 65.6 Å². The summed E-state index contributed by atoms with van der Waals surface area (Å²) in [6, 6.07) is 31.8. The fourth-order valence-electron chi connectivity index (χ4n) is 9.45. The summed E-state index contributed by atoms with van der Waals surface area (Å²) in [6.07, 6.45) is 2.20. The molecule has 1 unspecified atom stereocenters. The molecule has 0 radical (unpaired) electrons. The summed E-state index contributed by atoms with van der Waals surface area (Å²) in [5.41, 5.74) is 3.80. The zero-order valence-electron chi connectivity index (χ0n) is 32.8. The average Bonchev–Trinajstić information content (AvgIpc) is 3.88. The number of hydrogen-bond donors (Lipinski definition) is 2. The Balaban J connectivity index is 1.12. The van der Waals surface area contributed by atoms with E-state index in [9.17, 15) is 9.90 Å². The lowest BCUT2D eigenvalue weighted by Crippen LogP contribution is -2.51. The molecule has 13 heteroatoms. The van der Waals surface area contributed by atoms with E-state index in [-0.39, 0.29) is 41.9 Å². The standard InChI is InChI=1S/C44H49ClN6O5Si/c1-29-42(57(3,4)35-17-15-34(55-2)16-18-35)40(20-22-49-27-38(47-48-49)36(28-52)31-8-6-5-7-9-31)56-44(29)37-24-32(45)12-19-39(37)51(43(44)54)26-30-10-13-33(14-11-30)50-23-21-46-25-41(50)53/h5-19,24,27,29,36,40,42,46,52H,20-23,25-26,28H2,1-4H3/t29-,36?,40+,42-,44+/m1/s1. The number of aliphatic hydroxyl groups excluding tert-OH is 1. The molecule has 1 spiro atoms. The number of hydrogen-bond acceptors (Lipinski definition) is 8. The van der Waals surface area contributed by atoms with Crippen LogP contribution in [0.4, 0.5) is 11.4 Å². The van der Waals surface area contributed by atoms with Gasteiger partial charge in [0.15, 0.2) is 5.60 Å². The normalized spacial score (nSPS) is 22.7. The minimum Gasteiger partial charge on any atom is -0.497 e. The number of carbonyl (C=O) groups is 2. The number of aromatic nitrogens is 3. The molecule has 8 rings (SSSR count). The lowest BCUT2D eigenvalue weighted by molar-refractivity contribution is -0.146. The van der Waals surface area contributed by atoms with Crippen LogP contribution in [0.25, 0.3) is 0 Å². The molecule has 2 N–H and O–H groups in total. The van der Waals surface area contributed by atoms with Crippen LogP contribution in [0.15, 0.2) is 103 Å². The van der Waals surface area contributed by atoms with Crippen LogP contribution in [0.1, 0.15) is 41.6 Å². The zero-order valence-corrected chi connectivity index (χ0v) is 34.5. The number of anilines is 2. The number of carbonyl (C=O) groups excluding carboxylic acids is 2. The van der Waals surface area contributed by atoms with Crippen LogP contribution in [0, 0.1) is 5.92 Å². The molecule has 5 atom stereocenters. The number of rotatable bonds is 12. The molecule has 3 aliphatic rings. The Morgan fingerprint density at radius 1 is 1.04 bits per heavy atom. The summed E-state index contributed by atoms with van der Waals surface area (Å²) in [5, 5.41) is 24.2. The van der Waals surface area contributed by atoms with Crippen molar-refractivity contribution in [2.45, 2.75) is 62.7 Å². The van der Waals surface area contributed by atoms with Crippen molar-refractivity contribution in [1.82, 2.24) is 20.3 Å². The Morgan fingerprint density at radius 2 is 1.79 bits per heavy atom. The highest BCUT2D eigenvalue weighted by Crippen LogP contribution is 2.60. The fourth-order valence-corrected chi connectivity index (χ4v) is 13.7. The average molecular weight is 805 g/mol. The number of fused-ring (bicyclic) bond motifs is 2. The second kappa shape index (κ2) is 15.8. The quantitative estimate of drug-likeness (QED) is 0.151. The number of piperazine rings is 1. The van der Waals surface area contributed by atoms with E-state index in [1.165, 1.54) is 5.19 Å². The molecular weight excluding hydrogens is 756 g/mol.